The van der Waals surface area contributed by atoms with Crippen molar-refractivity contribution in [3.8, 4) is 0 Å². The molecular weight excluding hydrogens is 230 g/mol. The summed E-state index contributed by atoms with van der Waals surface area (Å²) in [5.74, 6) is -8.53. The fraction of sp³-hybridized carbons (Fsp3) is 0.222. The van der Waals surface area contributed by atoms with Crippen LogP contribution >= 0.6 is 0 Å². The molecule has 1 aromatic rings. The molecule has 16 heavy (non-hydrogen) atoms. The fourth-order valence-corrected chi connectivity index (χ4v) is 0.981. The number of benzene rings is 1. The predicted molar refractivity (Wildman–Crippen MR) is 45.4 cm³/mol. The first-order chi connectivity index (χ1) is 7.40. The molecule has 3 nitrogen and oxygen atoms in total. The average molecular weight is 237 g/mol. The zero-order chi connectivity index (χ0) is 12.5. The second-order valence-electron chi connectivity index (χ2n) is 2.83. The molecule has 0 fully saturated rings. The minimum atomic E-state index is -2.03. The standard InChI is InChI=1S/C9H7F4NO2/c1-14(16-2)9(15)4-3-5(10)7(12)8(13)6(4)11/h3H,1-2H3. The molecule has 0 saturated carbocycles. The summed E-state index contributed by atoms with van der Waals surface area (Å²) < 4.78 is 51.2. The molecule has 0 aliphatic heterocycles. The lowest BCUT2D eigenvalue weighted by Gasteiger charge is -2.14. The van der Waals surface area contributed by atoms with Crippen molar-refractivity contribution >= 4 is 5.91 Å². The number of nitrogens with zero attached hydrogens (tertiary/aromatic N) is 1. The van der Waals surface area contributed by atoms with Crippen molar-refractivity contribution in [3.63, 3.8) is 0 Å². The van der Waals surface area contributed by atoms with Gasteiger partial charge in [-0.2, -0.15) is 0 Å². The van der Waals surface area contributed by atoms with E-state index in [2.05, 4.69) is 4.84 Å². The van der Waals surface area contributed by atoms with Crippen molar-refractivity contribution in [2.75, 3.05) is 14.2 Å². The van der Waals surface area contributed by atoms with Crippen LogP contribution in [0, 0.1) is 23.3 Å². The lowest BCUT2D eigenvalue weighted by molar-refractivity contribution is -0.0760. The summed E-state index contributed by atoms with van der Waals surface area (Å²) in [7, 11) is 2.22. The van der Waals surface area contributed by atoms with E-state index in [0.29, 0.717) is 5.06 Å². The Morgan fingerprint density at radius 1 is 1.19 bits per heavy atom. The summed E-state index contributed by atoms with van der Waals surface area (Å²) in [5, 5.41) is 0.551. The van der Waals surface area contributed by atoms with E-state index < -0.39 is 34.7 Å². The fourth-order valence-electron chi connectivity index (χ4n) is 0.981. The van der Waals surface area contributed by atoms with Crippen molar-refractivity contribution in [1.29, 1.82) is 0 Å². The van der Waals surface area contributed by atoms with Crippen molar-refractivity contribution < 1.29 is 27.2 Å². The molecule has 0 atom stereocenters. The van der Waals surface area contributed by atoms with Gasteiger partial charge in [-0.05, 0) is 6.07 Å². The van der Waals surface area contributed by atoms with E-state index in [1.54, 1.807) is 0 Å². The van der Waals surface area contributed by atoms with Gasteiger partial charge in [-0.15, -0.1) is 0 Å². The minimum absolute atomic E-state index is 0.269. The quantitative estimate of drug-likeness (QED) is 0.340. The van der Waals surface area contributed by atoms with E-state index in [9.17, 15) is 22.4 Å². The summed E-state index contributed by atoms with van der Waals surface area (Å²) in [6, 6.07) is 0.269. The Kier molecular flexibility index (Phi) is 3.48. The van der Waals surface area contributed by atoms with Gasteiger partial charge >= 0.3 is 0 Å². The van der Waals surface area contributed by atoms with Crippen LogP contribution in [-0.2, 0) is 4.84 Å². The van der Waals surface area contributed by atoms with Gasteiger partial charge < -0.3 is 0 Å². The molecule has 88 valence electrons. The van der Waals surface area contributed by atoms with E-state index in [-0.39, 0.29) is 6.07 Å². The van der Waals surface area contributed by atoms with Gasteiger partial charge in [-0.1, -0.05) is 0 Å². The summed E-state index contributed by atoms with van der Waals surface area (Å²) in [5.41, 5.74) is -0.944. The molecule has 1 aromatic carbocycles. The number of amides is 1. The van der Waals surface area contributed by atoms with Crippen LogP contribution in [0.1, 0.15) is 10.4 Å². The zero-order valence-electron chi connectivity index (χ0n) is 8.35. The first-order valence-electron chi connectivity index (χ1n) is 4.05. The molecular formula is C9H7F4NO2. The van der Waals surface area contributed by atoms with Crippen molar-refractivity contribution in [3.05, 3.63) is 34.9 Å². The lowest BCUT2D eigenvalue weighted by Crippen LogP contribution is -2.27. The molecule has 0 aromatic heterocycles. The van der Waals surface area contributed by atoms with E-state index in [4.69, 9.17) is 0 Å². The van der Waals surface area contributed by atoms with E-state index in [1.165, 1.54) is 0 Å². The SMILES string of the molecule is CON(C)C(=O)c1cc(F)c(F)c(F)c1F. The van der Waals surface area contributed by atoms with E-state index >= 15 is 0 Å². The molecule has 1 rings (SSSR count). The second kappa shape index (κ2) is 4.48. The summed E-state index contributed by atoms with van der Waals surface area (Å²) in [6.45, 7) is 0. The van der Waals surface area contributed by atoms with Crippen LogP contribution in [0.2, 0.25) is 0 Å². The summed E-state index contributed by atoms with van der Waals surface area (Å²) in [6.07, 6.45) is 0. The molecule has 7 heteroatoms. The van der Waals surface area contributed by atoms with Crippen LogP contribution in [-0.4, -0.2) is 25.1 Å². The molecule has 0 heterocycles. The predicted octanol–water partition coefficient (Wildman–Crippen LogP) is 1.88. The molecule has 0 radical (unpaired) electrons. The van der Waals surface area contributed by atoms with Gasteiger partial charge in [0.05, 0.1) is 12.7 Å². The lowest BCUT2D eigenvalue weighted by atomic mass is 10.1. The van der Waals surface area contributed by atoms with Crippen molar-refractivity contribution in [2.24, 2.45) is 0 Å². The third kappa shape index (κ3) is 1.99. The largest absolute Gasteiger partial charge is 0.280 e. The van der Waals surface area contributed by atoms with Crippen LogP contribution in [0.3, 0.4) is 0 Å². The summed E-state index contributed by atoms with van der Waals surface area (Å²) in [4.78, 5) is 15.7. The van der Waals surface area contributed by atoms with Crippen molar-refractivity contribution in [2.45, 2.75) is 0 Å². The normalized spacial score (nSPS) is 10.4. The topological polar surface area (TPSA) is 29.5 Å². The van der Waals surface area contributed by atoms with Gasteiger partial charge in [0.2, 0.25) is 0 Å². The molecule has 0 N–H and O–H groups in total. The number of carbonyl (C=O) groups excluding carboxylic acids is 1. The molecule has 0 unspecified atom stereocenters. The maximum absolute atomic E-state index is 13.1. The Labute approximate surface area is 88.2 Å². The number of carbonyl (C=O) groups is 1. The smallest absolute Gasteiger partial charge is 0.274 e. The maximum atomic E-state index is 13.1. The van der Waals surface area contributed by atoms with Gasteiger partial charge in [0.25, 0.3) is 5.91 Å². The first kappa shape index (κ1) is 12.4. The molecule has 0 spiro atoms. The highest BCUT2D eigenvalue weighted by Gasteiger charge is 2.24. The third-order valence-corrected chi connectivity index (χ3v) is 1.89. The van der Waals surface area contributed by atoms with Gasteiger partial charge in [0.15, 0.2) is 23.3 Å². The van der Waals surface area contributed by atoms with Crippen molar-refractivity contribution in [1.82, 2.24) is 5.06 Å². The van der Waals surface area contributed by atoms with E-state index in [1.807, 2.05) is 0 Å². The number of rotatable bonds is 2. The highest BCUT2D eigenvalue weighted by atomic mass is 19.2. The van der Waals surface area contributed by atoms with Gasteiger partial charge in [-0.25, -0.2) is 22.6 Å². The van der Waals surface area contributed by atoms with Crippen LogP contribution in [0.25, 0.3) is 0 Å². The number of hydroxylamine groups is 2. The van der Waals surface area contributed by atoms with Gasteiger partial charge in [0, 0.05) is 7.05 Å². The maximum Gasteiger partial charge on any atom is 0.280 e. The number of hydrogen-bond donors (Lipinski definition) is 0. The molecule has 0 aliphatic rings. The Balaban J connectivity index is 3.31. The van der Waals surface area contributed by atoms with Crippen LogP contribution in [0.5, 0.6) is 0 Å². The number of halogens is 4. The Bertz CT molecular complexity index is 436. The molecule has 0 aliphatic carbocycles. The third-order valence-electron chi connectivity index (χ3n) is 1.89. The highest BCUT2D eigenvalue weighted by molar-refractivity contribution is 5.93. The van der Waals surface area contributed by atoms with E-state index in [0.717, 1.165) is 14.2 Å². The first-order valence-corrected chi connectivity index (χ1v) is 4.05. The molecule has 0 saturated heterocycles. The monoisotopic (exact) mass is 237 g/mol. The molecule has 0 bridgehead atoms. The Morgan fingerprint density at radius 2 is 1.75 bits per heavy atom. The van der Waals surface area contributed by atoms with Gasteiger partial charge in [0.1, 0.15) is 0 Å². The van der Waals surface area contributed by atoms with Crippen LogP contribution in [0.4, 0.5) is 17.6 Å². The number of hydrogen-bond acceptors (Lipinski definition) is 2. The highest BCUT2D eigenvalue weighted by Crippen LogP contribution is 2.19. The average Bonchev–Trinajstić information content (AvgIpc) is 2.29. The van der Waals surface area contributed by atoms with Gasteiger partial charge in [-0.3, -0.25) is 9.63 Å². The second-order valence-corrected chi connectivity index (χ2v) is 2.83. The Hall–Kier alpha value is -1.63. The van der Waals surface area contributed by atoms with Crippen LogP contribution < -0.4 is 0 Å². The minimum Gasteiger partial charge on any atom is -0.274 e. The summed E-state index contributed by atoms with van der Waals surface area (Å²) >= 11 is 0. The van der Waals surface area contributed by atoms with Crippen LogP contribution in [0.15, 0.2) is 6.07 Å². The Morgan fingerprint density at radius 3 is 2.25 bits per heavy atom. The zero-order valence-corrected chi connectivity index (χ0v) is 8.35. The molecule has 1 amide bonds.